The number of ether oxygens (including phenoxy) is 2. The Balaban J connectivity index is 1.57. The Morgan fingerprint density at radius 1 is 0.853 bits per heavy atom. The van der Waals surface area contributed by atoms with Crippen molar-refractivity contribution in [3.8, 4) is 11.5 Å². The molecule has 1 heterocycles. The summed E-state index contributed by atoms with van der Waals surface area (Å²) >= 11 is 1.45. The van der Waals surface area contributed by atoms with Gasteiger partial charge in [0, 0.05) is 28.2 Å². The van der Waals surface area contributed by atoms with E-state index in [4.69, 9.17) is 9.47 Å². The first kappa shape index (κ1) is 23.2. The van der Waals surface area contributed by atoms with Crippen molar-refractivity contribution < 1.29 is 23.9 Å². The second-order valence-electron chi connectivity index (χ2n) is 7.49. The Morgan fingerprint density at radius 2 is 1.44 bits per heavy atom. The van der Waals surface area contributed by atoms with Gasteiger partial charge in [-0.3, -0.25) is 14.4 Å². The molecule has 0 bridgehead atoms. The third-order valence-electron chi connectivity index (χ3n) is 5.23. The van der Waals surface area contributed by atoms with Crippen molar-refractivity contribution in [1.29, 1.82) is 0 Å². The largest absolute Gasteiger partial charge is 0.494 e. The van der Waals surface area contributed by atoms with Crippen LogP contribution in [0, 0.1) is 0 Å². The lowest BCUT2D eigenvalue weighted by atomic mass is 10.1. The average Bonchev–Trinajstić information content (AvgIpc) is 2.85. The number of thioether (sulfide) groups is 1. The molecule has 174 valence electrons. The van der Waals surface area contributed by atoms with Gasteiger partial charge >= 0.3 is 0 Å². The molecule has 1 atom stereocenters. The van der Waals surface area contributed by atoms with E-state index in [0.29, 0.717) is 39.7 Å². The standard InChI is InChI=1S/C25H23N3O5S/c1-14-23(29)28-19-11-16(9-10-22(19)34-14)25(31)27-18-13-20(32-2)17(12-21(18)33-3)26-24(30)15-7-5-4-6-8-15/h4-14H,1-3H3,(H,26,30)(H,27,31)(H,28,29)/t14-/m1/s1. The average molecular weight is 478 g/mol. The van der Waals surface area contributed by atoms with Gasteiger partial charge in [-0.1, -0.05) is 18.2 Å². The number of carbonyl (C=O) groups excluding carboxylic acids is 3. The third kappa shape index (κ3) is 4.84. The number of amides is 3. The molecule has 3 aromatic carbocycles. The topological polar surface area (TPSA) is 106 Å². The van der Waals surface area contributed by atoms with Crippen molar-refractivity contribution in [3.63, 3.8) is 0 Å². The number of benzene rings is 3. The first-order valence-electron chi connectivity index (χ1n) is 10.4. The maximum absolute atomic E-state index is 13.0. The Bertz CT molecular complexity index is 1260. The molecule has 9 heteroatoms. The van der Waals surface area contributed by atoms with Crippen LogP contribution in [0.1, 0.15) is 27.6 Å². The Kier molecular flexibility index (Phi) is 6.74. The maximum Gasteiger partial charge on any atom is 0.255 e. The van der Waals surface area contributed by atoms with E-state index in [1.54, 1.807) is 48.5 Å². The van der Waals surface area contributed by atoms with Crippen molar-refractivity contribution in [2.24, 2.45) is 0 Å². The van der Waals surface area contributed by atoms with Crippen LogP contribution in [0.3, 0.4) is 0 Å². The Morgan fingerprint density at radius 3 is 2.03 bits per heavy atom. The van der Waals surface area contributed by atoms with Gasteiger partial charge in [0.15, 0.2) is 0 Å². The van der Waals surface area contributed by atoms with E-state index in [2.05, 4.69) is 16.0 Å². The minimum Gasteiger partial charge on any atom is -0.494 e. The summed E-state index contributed by atoms with van der Waals surface area (Å²) in [5.41, 5.74) is 2.23. The number of carbonyl (C=O) groups is 3. The van der Waals surface area contributed by atoms with Crippen LogP contribution in [0.25, 0.3) is 0 Å². The van der Waals surface area contributed by atoms with Crippen LogP contribution in [0.15, 0.2) is 65.6 Å². The molecular weight excluding hydrogens is 454 g/mol. The molecule has 0 unspecified atom stereocenters. The molecule has 0 saturated carbocycles. The fourth-order valence-electron chi connectivity index (χ4n) is 3.42. The molecule has 3 amide bonds. The van der Waals surface area contributed by atoms with Crippen molar-refractivity contribution in [2.45, 2.75) is 17.1 Å². The lowest BCUT2D eigenvalue weighted by Crippen LogP contribution is -2.26. The molecule has 8 nitrogen and oxygen atoms in total. The lowest BCUT2D eigenvalue weighted by molar-refractivity contribution is -0.115. The summed E-state index contributed by atoms with van der Waals surface area (Å²) < 4.78 is 10.9. The second kappa shape index (κ2) is 9.88. The van der Waals surface area contributed by atoms with Crippen LogP contribution < -0.4 is 25.4 Å². The van der Waals surface area contributed by atoms with E-state index in [0.717, 1.165) is 4.90 Å². The van der Waals surface area contributed by atoms with Crippen LogP contribution in [0.4, 0.5) is 17.1 Å². The monoisotopic (exact) mass is 477 g/mol. The van der Waals surface area contributed by atoms with Crippen molar-refractivity contribution in [3.05, 3.63) is 71.8 Å². The molecule has 0 saturated heterocycles. The minimum atomic E-state index is -0.387. The van der Waals surface area contributed by atoms with Gasteiger partial charge in [-0.2, -0.15) is 0 Å². The number of hydrogen-bond donors (Lipinski definition) is 3. The van der Waals surface area contributed by atoms with Gasteiger partial charge in [0.05, 0.1) is 36.5 Å². The molecule has 0 aliphatic carbocycles. The summed E-state index contributed by atoms with van der Waals surface area (Å²) in [6, 6.07) is 17.1. The van der Waals surface area contributed by atoms with Crippen LogP contribution in [0.5, 0.6) is 11.5 Å². The minimum absolute atomic E-state index is 0.102. The smallest absolute Gasteiger partial charge is 0.255 e. The van der Waals surface area contributed by atoms with Crippen molar-refractivity contribution in [1.82, 2.24) is 0 Å². The molecule has 0 aromatic heterocycles. The predicted molar refractivity (Wildman–Crippen MR) is 132 cm³/mol. The Hall–Kier alpha value is -3.98. The van der Waals surface area contributed by atoms with Crippen LogP contribution in [0.2, 0.25) is 0 Å². The van der Waals surface area contributed by atoms with Gasteiger partial charge < -0.3 is 25.4 Å². The summed E-state index contributed by atoms with van der Waals surface area (Å²) in [7, 11) is 2.93. The zero-order valence-corrected chi connectivity index (χ0v) is 19.6. The molecule has 4 rings (SSSR count). The highest BCUT2D eigenvalue weighted by molar-refractivity contribution is 8.00. The van der Waals surface area contributed by atoms with Gasteiger partial charge in [0.1, 0.15) is 11.5 Å². The van der Waals surface area contributed by atoms with Gasteiger partial charge in [-0.15, -0.1) is 11.8 Å². The van der Waals surface area contributed by atoms with E-state index in [1.165, 1.54) is 26.0 Å². The zero-order valence-electron chi connectivity index (χ0n) is 18.8. The number of rotatable bonds is 6. The van der Waals surface area contributed by atoms with Crippen molar-refractivity contribution >= 4 is 46.5 Å². The predicted octanol–water partition coefficient (Wildman–Crippen LogP) is 4.64. The Labute approximate surface area is 201 Å². The molecule has 0 fully saturated rings. The second-order valence-corrected chi connectivity index (χ2v) is 8.87. The van der Waals surface area contributed by atoms with E-state index >= 15 is 0 Å². The van der Waals surface area contributed by atoms with Gasteiger partial charge in [0.25, 0.3) is 11.8 Å². The number of fused-ring (bicyclic) bond motifs is 1. The number of anilines is 3. The quantitative estimate of drug-likeness (QED) is 0.478. The van der Waals surface area contributed by atoms with E-state index in [9.17, 15) is 14.4 Å². The summed E-state index contributed by atoms with van der Waals surface area (Å²) in [6.07, 6.45) is 0. The number of hydrogen-bond acceptors (Lipinski definition) is 6. The van der Waals surface area contributed by atoms with Crippen LogP contribution in [-0.4, -0.2) is 37.2 Å². The highest BCUT2D eigenvalue weighted by Gasteiger charge is 2.24. The molecule has 3 N–H and O–H groups in total. The number of nitrogens with one attached hydrogen (secondary N) is 3. The number of methoxy groups -OCH3 is 2. The molecule has 0 spiro atoms. The summed E-state index contributed by atoms with van der Waals surface area (Å²) in [5.74, 6) is -0.102. The van der Waals surface area contributed by atoms with Gasteiger partial charge in [0.2, 0.25) is 5.91 Å². The summed E-state index contributed by atoms with van der Waals surface area (Å²) in [6.45, 7) is 1.83. The van der Waals surface area contributed by atoms with Gasteiger partial charge in [-0.25, -0.2) is 0 Å². The molecular formula is C25H23N3O5S. The molecule has 0 radical (unpaired) electrons. The zero-order chi connectivity index (χ0) is 24.2. The first-order valence-corrected chi connectivity index (χ1v) is 11.3. The van der Waals surface area contributed by atoms with Crippen LogP contribution in [-0.2, 0) is 4.79 Å². The molecule has 3 aromatic rings. The SMILES string of the molecule is COc1cc(NC(=O)c2ccc3c(c2)NC(=O)[C@@H](C)S3)c(OC)cc1NC(=O)c1ccccc1. The summed E-state index contributed by atoms with van der Waals surface area (Å²) in [4.78, 5) is 38.4. The maximum atomic E-state index is 13.0. The fourth-order valence-corrected chi connectivity index (χ4v) is 4.35. The van der Waals surface area contributed by atoms with Gasteiger partial charge in [-0.05, 0) is 37.3 Å². The van der Waals surface area contributed by atoms with E-state index < -0.39 is 0 Å². The van der Waals surface area contributed by atoms with Crippen molar-refractivity contribution in [2.75, 3.05) is 30.2 Å². The van der Waals surface area contributed by atoms with Crippen LogP contribution >= 0.6 is 11.8 Å². The van der Waals surface area contributed by atoms with E-state index in [-0.39, 0.29) is 23.0 Å². The lowest BCUT2D eigenvalue weighted by Gasteiger charge is -2.22. The third-order valence-corrected chi connectivity index (χ3v) is 6.40. The van der Waals surface area contributed by atoms with E-state index in [1.807, 2.05) is 19.1 Å². The fraction of sp³-hybridized carbons (Fsp3) is 0.160. The molecule has 34 heavy (non-hydrogen) atoms. The first-order chi connectivity index (χ1) is 16.4. The molecule has 1 aliphatic rings. The normalized spacial score (nSPS) is 14.4. The molecule has 1 aliphatic heterocycles. The highest BCUT2D eigenvalue weighted by atomic mass is 32.2. The summed E-state index contributed by atoms with van der Waals surface area (Å²) in [5, 5.41) is 8.26. The highest BCUT2D eigenvalue weighted by Crippen LogP contribution is 2.38.